The van der Waals surface area contributed by atoms with Crippen molar-refractivity contribution in [2.75, 3.05) is 6.67 Å². The molecule has 0 saturated heterocycles. The van der Waals surface area contributed by atoms with Crippen molar-refractivity contribution in [2.45, 2.75) is 19.8 Å². The maximum atomic E-state index is 11.7. The summed E-state index contributed by atoms with van der Waals surface area (Å²) in [4.78, 5) is 7.70. The average Bonchev–Trinajstić information content (AvgIpc) is 2.42. The lowest BCUT2D eigenvalue weighted by Crippen LogP contribution is -1.85. The lowest BCUT2D eigenvalue weighted by molar-refractivity contribution is 0.495. The van der Waals surface area contributed by atoms with E-state index in [0.29, 0.717) is 6.42 Å². The van der Waals surface area contributed by atoms with Crippen molar-refractivity contribution < 1.29 is 4.39 Å². The van der Waals surface area contributed by atoms with Crippen LogP contribution in [-0.4, -0.2) is 16.6 Å². The van der Waals surface area contributed by atoms with Crippen molar-refractivity contribution >= 4 is 0 Å². The van der Waals surface area contributed by atoms with E-state index in [2.05, 4.69) is 16.9 Å². The Labute approximate surface area is 102 Å². The summed E-state index contributed by atoms with van der Waals surface area (Å²) in [6, 6.07) is 7.69. The van der Waals surface area contributed by atoms with Gasteiger partial charge in [0.25, 0.3) is 0 Å². The molecule has 0 fully saturated rings. The molecule has 0 aliphatic carbocycles. The van der Waals surface area contributed by atoms with Gasteiger partial charge in [-0.2, -0.15) is 0 Å². The molecule has 90 valence electrons. The summed E-state index contributed by atoms with van der Waals surface area (Å²) < 4.78 is 11.7. The minimum atomic E-state index is -0.288. The van der Waals surface area contributed by atoms with Crippen LogP contribution in [-0.2, 0) is 12.8 Å². The van der Waals surface area contributed by atoms with Gasteiger partial charge in [-0.25, -0.2) is 0 Å². The number of rotatable bonds is 3. The Kier molecular flexibility index (Phi) is 6.56. The number of halogens is 1. The summed E-state index contributed by atoms with van der Waals surface area (Å²) in [6.45, 7) is 1.85. The van der Waals surface area contributed by atoms with Crippen LogP contribution in [0.25, 0.3) is 0 Å². The monoisotopic (exact) mass is 232 g/mol. The molecule has 2 rings (SSSR count). The number of hydrogen-bond donors (Lipinski definition) is 0. The standard InChI is InChI=1S/C7H8FN.C7H9N/c8-4-1-7-2-5-9-6-3-7;1-2-7-3-5-8-6-4-7/h2-3,5-6H,1,4H2;3-6H,2H2,1H3. The van der Waals surface area contributed by atoms with Gasteiger partial charge in [0.15, 0.2) is 0 Å². The number of aryl methyl sites for hydroxylation is 2. The first-order chi connectivity index (χ1) is 8.36. The Morgan fingerprint density at radius 2 is 1.35 bits per heavy atom. The van der Waals surface area contributed by atoms with Crippen molar-refractivity contribution in [3.8, 4) is 0 Å². The van der Waals surface area contributed by atoms with Crippen molar-refractivity contribution in [1.82, 2.24) is 9.97 Å². The maximum absolute atomic E-state index is 11.7. The lowest BCUT2D eigenvalue weighted by Gasteiger charge is -1.91. The van der Waals surface area contributed by atoms with E-state index in [9.17, 15) is 4.39 Å². The Morgan fingerprint density at radius 1 is 0.882 bits per heavy atom. The highest BCUT2D eigenvalue weighted by atomic mass is 19.1. The van der Waals surface area contributed by atoms with Gasteiger partial charge in [-0.1, -0.05) is 6.92 Å². The third-order valence-corrected chi connectivity index (χ3v) is 2.29. The molecule has 17 heavy (non-hydrogen) atoms. The maximum Gasteiger partial charge on any atom is 0.0934 e. The predicted molar refractivity (Wildman–Crippen MR) is 67.5 cm³/mol. The fraction of sp³-hybridized carbons (Fsp3) is 0.286. The zero-order valence-electron chi connectivity index (χ0n) is 10.0. The molecule has 0 aromatic carbocycles. The molecule has 0 aliphatic heterocycles. The summed E-state index contributed by atoms with van der Waals surface area (Å²) >= 11 is 0. The summed E-state index contributed by atoms with van der Waals surface area (Å²) in [6.07, 6.45) is 8.58. The van der Waals surface area contributed by atoms with Crippen LogP contribution in [0.15, 0.2) is 49.1 Å². The number of alkyl halides is 1. The van der Waals surface area contributed by atoms with Crippen molar-refractivity contribution in [3.05, 3.63) is 60.2 Å². The number of pyridine rings is 2. The number of nitrogens with zero attached hydrogens (tertiary/aromatic N) is 2. The van der Waals surface area contributed by atoms with E-state index in [1.807, 2.05) is 36.7 Å². The van der Waals surface area contributed by atoms with E-state index in [1.54, 1.807) is 12.4 Å². The average molecular weight is 232 g/mol. The molecule has 2 aromatic heterocycles. The van der Waals surface area contributed by atoms with Crippen LogP contribution in [0.3, 0.4) is 0 Å². The zero-order chi connectivity index (χ0) is 12.3. The van der Waals surface area contributed by atoms with Gasteiger partial charge in [-0.15, -0.1) is 0 Å². The van der Waals surface area contributed by atoms with Crippen LogP contribution < -0.4 is 0 Å². The molecule has 0 radical (unpaired) electrons. The molecule has 0 spiro atoms. The van der Waals surface area contributed by atoms with Crippen molar-refractivity contribution in [1.29, 1.82) is 0 Å². The van der Waals surface area contributed by atoms with Gasteiger partial charge in [0.2, 0.25) is 0 Å². The van der Waals surface area contributed by atoms with E-state index in [0.717, 1.165) is 12.0 Å². The van der Waals surface area contributed by atoms with Crippen LogP contribution in [0.5, 0.6) is 0 Å². The largest absolute Gasteiger partial charge is 0.265 e. The molecular formula is C14H17FN2. The zero-order valence-corrected chi connectivity index (χ0v) is 10.0. The smallest absolute Gasteiger partial charge is 0.0934 e. The molecule has 2 heterocycles. The molecule has 2 nitrogen and oxygen atoms in total. The number of hydrogen-bond acceptors (Lipinski definition) is 2. The quantitative estimate of drug-likeness (QED) is 0.812. The van der Waals surface area contributed by atoms with E-state index < -0.39 is 0 Å². The second-order valence-electron chi connectivity index (χ2n) is 3.50. The molecule has 0 unspecified atom stereocenters. The fourth-order valence-electron chi connectivity index (χ4n) is 1.28. The second kappa shape index (κ2) is 8.39. The lowest BCUT2D eigenvalue weighted by atomic mass is 10.2. The van der Waals surface area contributed by atoms with E-state index in [4.69, 9.17) is 0 Å². The predicted octanol–water partition coefficient (Wildman–Crippen LogP) is 3.24. The highest BCUT2D eigenvalue weighted by Gasteiger charge is 1.87. The normalized spacial score (nSPS) is 9.29. The fourth-order valence-corrected chi connectivity index (χ4v) is 1.28. The van der Waals surface area contributed by atoms with Gasteiger partial charge in [-0.3, -0.25) is 14.4 Å². The highest BCUT2D eigenvalue weighted by molar-refractivity contribution is 5.09. The topological polar surface area (TPSA) is 25.8 Å². The number of aromatic nitrogens is 2. The van der Waals surface area contributed by atoms with Crippen LogP contribution in [0.1, 0.15) is 18.1 Å². The van der Waals surface area contributed by atoms with Gasteiger partial charge in [0, 0.05) is 31.2 Å². The third-order valence-electron chi connectivity index (χ3n) is 2.29. The minimum absolute atomic E-state index is 0.288. The molecule has 0 atom stereocenters. The van der Waals surface area contributed by atoms with E-state index in [1.165, 1.54) is 5.56 Å². The van der Waals surface area contributed by atoms with Gasteiger partial charge in [0.1, 0.15) is 0 Å². The Bertz CT molecular complexity index is 389. The van der Waals surface area contributed by atoms with Crippen molar-refractivity contribution in [3.63, 3.8) is 0 Å². The van der Waals surface area contributed by atoms with Gasteiger partial charge in [0.05, 0.1) is 6.67 Å². The molecule has 0 amide bonds. The molecule has 0 saturated carbocycles. The van der Waals surface area contributed by atoms with Gasteiger partial charge >= 0.3 is 0 Å². The summed E-state index contributed by atoms with van der Waals surface area (Å²) in [7, 11) is 0. The van der Waals surface area contributed by atoms with E-state index in [-0.39, 0.29) is 6.67 Å². The minimum Gasteiger partial charge on any atom is -0.265 e. The second-order valence-corrected chi connectivity index (χ2v) is 3.50. The first-order valence-corrected chi connectivity index (χ1v) is 5.70. The molecule has 2 aromatic rings. The molecule has 0 N–H and O–H groups in total. The van der Waals surface area contributed by atoms with Crippen LogP contribution in [0.2, 0.25) is 0 Å². The van der Waals surface area contributed by atoms with E-state index >= 15 is 0 Å². The molecule has 3 heteroatoms. The van der Waals surface area contributed by atoms with Crippen LogP contribution >= 0.6 is 0 Å². The Hall–Kier alpha value is -1.77. The third kappa shape index (κ3) is 5.76. The first kappa shape index (κ1) is 13.3. The van der Waals surface area contributed by atoms with Crippen molar-refractivity contribution in [2.24, 2.45) is 0 Å². The van der Waals surface area contributed by atoms with Gasteiger partial charge in [-0.05, 0) is 41.8 Å². The molecule has 0 aliphatic rings. The van der Waals surface area contributed by atoms with Crippen LogP contribution in [0, 0.1) is 0 Å². The first-order valence-electron chi connectivity index (χ1n) is 5.70. The summed E-state index contributed by atoms with van der Waals surface area (Å²) in [5.41, 5.74) is 2.35. The Balaban J connectivity index is 0.000000171. The SMILES string of the molecule is CCc1ccncc1.FCCc1ccncc1. The van der Waals surface area contributed by atoms with Crippen LogP contribution in [0.4, 0.5) is 4.39 Å². The summed E-state index contributed by atoms with van der Waals surface area (Å²) in [5, 5.41) is 0. The molecule has 0 bridgehead atoms. The molecular weight excluding hydrogens is 215 g/mol. The Morgan fingerprint density at radius 3 is 1.71 bits per heavy atom. The summed E-state index contributed by atoms with van der Waals surface area (Å²) in [5.74, 6) is 0. The highest BCUT2D eigenvalue weighted by Crippen LogP contribution is 1.96. The van der Waals surface area contributed by atoms with Gasteiger partial charge < -0.3 is 0 Å².